The number of rotatable bonds is 8. The first-order valence-electron chi connectivity index (χ1n) is 9.01. The van der Waals surface area contributed by atoms with Gasteiger partial charge in [-0.25, -0.2) is 0 Å². The summed E-state index contributed by atoms with van der Waals surface area (Å²) in [6.07, 6.45) is 6.51. The highest BCUT2D eigenvalue weighted by molar-refractivity contribution is 5.95. The Balaban J connectivity index is 2.03. The number of amides is 1. The van der Waals surface area contributed by atoms with Crippen molar-refractivity contribution in [1.82, 2.24) is 5.32 Å². The van der Waals surface area contributed by atoms with E-state index in [4.69, 9.17) is 15.2 Å². The van der Waals surface area contributed by atoms with Gasteiger partial charge in [0.25, 0.3) is 5.91 Å². The number of benzene rings is 1. The third-order valence-electron chi connectivity index (χ3n) is 4.71. The molecule has 0 heterocycles. The highest BCUT2D eigenvalue weighted by Gasteiger charge is 2.25. The maximum atomic E-state index is 12.6. The van der Waals surface area contributed by atoms with Crippen molar-refractivity contribution in [2.45, 2.75) is 51.5 Å². The fraction of sp³-hybridized carbons (Fsp3) is 0.632. The van der Waals surface area contributed by atoms with Crippen molar-refractivity contribution in [3.8, 4) is 11.5 Å². The van der Waals surface area contributed by atoms with E-state index in [2.05, 4.69) is 12.2 Å². The van der Waals surface area contributed by atoms with Crippen LogP contribution in [0.4, 0.5) is 0 Å². The van der Waals surface area contributed by atoms with E-state index >= 15 is 0 Å². The van der Waals surface area contributed by atoms with Crippen molar-refractivity contribution in [2.24, 2.45) is 11.7 Å². The smallest absolute Gasteiger partial charge is 0.251 e. The van der Waals surface area contributed by atoms with Crippen LogP contribution in [0.3, 0.4) is 0 Å². The van der Waals surface area contributed by atoms with Gasteiger partial charge in [0.05, 0.1) is 13.7 Å². The summed E-state index contributed by atoms with van der Waals surface area (Å²) in [6.45, 7) is 3.39. The monoisotopic (exact) mass is 334 g/mol. The summed E-state index contributed by atoms with van der Waals surface area (Å²) in [6, 6.07) is 5.52. The average molecular weight is 334 g/mol. The van der Waals surface area contributed by atoms with Gasteiger partial charge in [-0.15, -0.1) is 0 Å². The Morgan fingerprint density at radius 3 is 2.79 bits per heavy atom. The van der Waals surface area contributed by atoms with Crippen LogP contribution in [0.5, 0.6) is 11.5 Å². The largest absolute Gasteiger partial charge is 0.493 e. The van der Waals surface area contributed by atoms with Crippen LogP contribution in [0.1, 0.15) is 55.8 Å². The van der Waals surface area contributed by atoms with Gasteiger partial charge < -0.3 is 20.5 Å². The lowest BCUT2D eigenvalue weighted by Crippen LogP contribution is -2.44. The second-order valence-corrected chi connectivity index (χ2v) is 6.43. The average Bonchev–Trinajstić information content (AvgIpc) is 2.62. The van der Waals surface area contributed by atoms with Gasteiger partial charge >= 0.3 is 0 Å². The van der Waals surface area contributed by atoms with Crippen LogP contribution in [0.2, 0.25) is 0 Å². The van der Waals surface area contributed by atoms with E-state index in [-0.39, 0.29) is 11.9 Å². The van der Waals surface area contributed by atoms with Gasteiger partial charge in [0.1, 0.15) is 0 Å². The lowest BCUT2D eigenvalue weighted by Gasteiger charge is -2.31. The van der Waals surface area contributed by atoms with Gasteiger partial charge in [-0.3, -0.25) is 4.79 Å². The molecule has 1 aromatic rings. The summed E-state index contributed by atoms with van der Waals surface area (Å²) < 4.78 is 11.1. The Hall–Kier alpha value is -1.75. The number of unbranched alkanes of at least 4 members (excludes halogenated alkanes) is 1. The topological polar surface area (TPSA) is 73.6 Å². The fourth-order valence-electron chi connectivity index (χ4n) is 3.19. The number of ether oxygens (including phenoxy) is 2. The molecule has 1 fully saturated rings. The minimum atomic E-state index is -0.0706. The van der Waals surface area contributed by atoms with Crippen molar-refractivity contribution < 1.29 is 14.3 Å². The molecule has 0 saturated heterocycles. The van der Waals surface area contributed by atoms with Gasteiger partial charge in [0.2, 0.25) is 0 Å². The molecule has 2 unspecified atom stereocenters. The van der Waals surface area contributed by atoms with Gasteiger partial charge in [0.15, 0.2) is 11.5 Å². The Morgan fingerprint density at radius 2 is 2.08 bits per heavy atom. The zero-order chi connectivity index (χ0) is 17.4. The number of carbonyl (C=O) groups excluding carboxylic acids is 1. The van der Waals surface area contributed by atoms with Crippen LogP contribution in [0, 0.1) is 5.92 Å². The Kier molecular flexibility index (Phi) is 7.37. The molecule has 1 aromatic carbocycles. The van der Waals surface area contributed by atoms with Gasteiger partial charge in [0, 0.05) is 11.6 Å². The molecule has 2 atom stereocenters. The lowest BCUT2D eigenvalue weighted by molar-refractivity contribution is 0.0907. The number of nitrogens with two attached hydrogens (primary N) is 1. The van der Waals surface area contributed by atoms with Crippen LogP contribution in [-0.2, 0) is 0 Å². The van der Waals surface area contributed by atoms with E-state index in [0.29, 0.717) is 36.1 Å². The summed E-state index contributed by atoms with van der Waals surface area (Å²) in [5, 5.41) is 3.14. The van der Waals surface area contributed by atoms with Crippen LogP contribution in [0.15, 0.2) is 18.2 Å². The zero-order valence-electron chi connectivity index (χ0n) is 14.8. The predicted molar refractivity (Wildman–Crippen MR) is 95.7 cm³/mol. The molecule has 0 aliphatic heterocycles. The molecule has 0 aromatic heterocycles. The maximum Gasteiger partial charge on any atom is 0.251 e. The quantitative estimate of drug-likeness (QED) is 0.716. The van der Waals surface area contributed by atoms with Gasteiger partial charge in [-0.05, 0) is 49.9 Å². The minimum absolute atomic E-state index is 0.0706. The van der Waals surface area contributed by atoms with E-state index in [1.165, 1.54) is 6.42 Å². The number of hydrogen-bond donors (Lipinski definition) is 2. The Morgan fingerprint density at radius 1 is 1.29 bits per heavy atom. The van der Waals surface area contributed by atoms with E-state index in [1.54, 1.807) is 19.2 Å². The van der Waals surface area contributed by atoms with Crippen LogP contribution in [-0.4, -0.2) is 32.2 Å². The number of nitrogens with one attached hydrogen (secondary N) is 1. The van der Waals surface area contributed by atoms with Crippen molar-refractivity contribution >= 4 is 5.91 Å². The molecular formula is C19H30N2O3. The van der Waals surface area contributed by atoms with Crippen molar-refractivity contribution in [3.05, 3.63) is 23.8 Å². The van der Waals surface area contributed by atoms with Gasteiger partial charge in [-0.2, -0.15) is 0 Å². The molecule has 0 bridgehead atoms. The Labute approximate surface area is 144 Å². The molecule has 5 heteroatoms. The van der Waals surface area contributed by atoms with E-state index < -0.39 is 0 Å². The molecule has 3 N–H and O–H groups in total. The minimum Gasteiger partial charge on any atom is -0.493 e. The molecule has 1 aliphatic carbocycles. The second kappa shape index (κ2) is 9.52. The molecule has 1 saturated carbocycles. The summed E-state index contributed by atoms with van der Waals surface area (Å²) in [5.74, 6) is 1.58. The van der Waals surface area contributed by atoms with E-state index in [0.717, 1.165) is 32.1 Å². The number of methoxy groups -OCH3 is 1. The van der Waals surface area contributed by atoms with Crippen LogP contribution in [0.25, 0.3) is 0 Å². The van der Waals surface area contributed by atoms with Crippen molar-refractivity contribution in [3.63, 3.8) is 0 Å². The summed E-state index contributed by atoms with van der Waals surface area (Å²) in [7, 11) is 1.59. The van der Waals surface area contributed by atoms with Crippen LogP contribution < -0.4 is 20.5 Å². The fourth-order valence-corrected chi connectivity index (χ4v) is 3.19. The number of hydrogen-bond acceptors (Lipinski definition) is 4. The summed E-state index contributed by atoms with van der Waals surface area (Å²) in [5.41, 5.74) is 6.44. The zero-order valence-corrected chi connectivity index (χ0v) is 14.8. The van der Waals surface area contributed by atoms with Crippen LogP contribution >= 0.6 is 0 Å². The third kappa shape index (κ3) is 4.87. The molecular weight excluding hydrogens is 304 g/mol. The number of carbonyl (C=O) groups is 1. The molecule has 2 rings (SSSR count). The molecule has 1 aliphatic rings. The lowest BCUT2D eigenvalue weighted by atomic mass is 9.84. The molecule has 0 spiro atoms. The molecule has 134 valence electrons. The standard InChI is InChI=1S/C19H30N2O3/c1-3-4-11-24-17-10-9-14(12-18(17)23-2)19(22)21-16-8-6-5-7-15(16)13-20/h9-10,12,15-16H,3-8,11,13,20H2,1-2H3,(H,21,22). The molecule has 5 nitrogen and oxygen atoms in total. The van der Waals surface area contributed by atoms with Crippen molar-refractivity contribution in [1.29, 1.82) is 0 Å². The normalized spacial score (nSPS) is 20.5. The van der Waals surface area contributed by atoms with Gasteiger partial charge in [-0.1, -0.05) is 26.2 Å². The summed E-state index contributed by atoms with van der Waals surface area (Å²) >= 11 is 0. The molecule has 0 radical (unpaired) electrons. The predicted octanol–water partition coefficient (Wildman–Crippen LogP) is 3.12. The Bertz CT molecular complexity index is 533. The highest BCUT2D eigenvalue weighted by atomic mass is 16.5. The SMILES string of the molecule is CCCCOc1ccc(C(=O)NC2CCCCC2CN)cc1OC. The maximum absolute atomic E-state index is 12.6. The van der Waals surface area contributed by atoms with Crippen molar-refractivity contribution in [2.75, 3.05) is 20.3 Å². The first kappa shape index (κ1) is 18.6. The van der Waals surface area contributed by atoms with E-state index in [1.807, 2.05) is 6.07 Å². The second-order valence-electron chi connectivity index (χ2n) is 6.43. The first-order chi connectivity index (χ1) is 11.7. The molecule has 1 amide bonds. The third-order valence-corrected chi connectivity index (χ3v) is 4.71. The molecule has 24 heavy (non-hydrogen) atoms. The summed E-state index contributed by atoms with van der Waals surface area (Å²) in [4.78, 5) is 12.6. The van der Waals surface area contributed by atoms with E-state index in [9.17, 15) is 4.79 Å². The highest BCUT2D eigenvalue weighted by Crippen LogP contribution is 2.29. The first-order valence-corrected chi connectivity index (χ1v) is 9.01.